The van der Waals surface area contributed by atoms with E-state index in [2.05, 4.69) is 9.62 Å². The van der Waals surface area contributed by atoms with E-state index in [1.165, 1.54) is 62.8 Å². The number of carboxylic acids is 1. The second kappa shape index (κ2) is 8.50. The number of hydrogen-bond acceptors (Lipinski definition) is 4. The Kier molecular flexibility index (Phi) is 6.32. The van der Waals surface area contributed by atoms with E-state index >= 15 is 0 Å². The zero-order chi connectivity index (χ0) is 18.6. The van der Waals surface area contributed by atoms with Gasteiger partial charge in [0.25, 0.3) is 0 Å². The smallest absolute Gasteiger partial charge is 0.335 e. The molecule has 1 aromatic carbocycles. The van der Waals surface area contributed by atoms with Crippen LogP contribution in [-0.2, 0) is 10.0 Å². The Morgan fingerprint density at radius 2 is 1.81 bits per heavy atom. The largest absolute Gasteiger partial charge is 0.478 e. The molecule has 2 aliphatic rings. The van der Waals surface area contributed by atoms with Gasteiger partial charge in [-0.15, -0.1) is 0 Å². The molecule has 1 atom stereocenters. The molecule has 3 rings (SSSR count). The lowest BCUT2D eigenvalue weighted by Gasteiger charge is -2.38. The van der Waals surface area contributed by atoms with Gasteiger partial charge in [0.2, 0.25) is 10.0 Å². The van der Waals surface area contributed by atoms with Gasteiger partial charge in [-0.1, -0.05) is 31.7 Å². The van der Waals surface area contributed by atoms with Gasteiger partial charge < -0.3 is 5.11 Å². The van der Waals surface area contributed by atoms with Crippen LogP contribution in [0, 0.1) is 0 Å². The highest BCUT2D eigenvalue weighted by atomic mass is 32.2. The van der Waals surface area contributed by atoms with Crippen molar-refractivity contribution in [2.75, 3.05) is 13.1 Å². The normalized spacial score (nSPS) is 23.5. The van der Waals surface area contributed by atoms with Gasteiger partial charge in [0.05, 0.1) is 10.5 Å². The fraction of sp³-hybridized carbons (Fsp3) is 0.632. The minimum absolute atomic E-state index is 0.0170. The van der Waals surface area contributed by atoms with E-state index in [-0.39, 0.29) is 16.5 Å². The van der Waals surface area contributed by atoms with Crippen molar-refractivity contribution in [3.8, 4) is 0 Å². The first-order valence-electron chi connectivity index (χ1n) is 9.55. The fourth-order valence-electron chi connectivity index (χ4n) is 4.14. The summed E-state index contributed by atoms with van der Waals surface area (Å²) in [4.78, 5) is 13.6. The highest BCUT2D eigenvalue weighted by Crippen LogP contribution is 2.25. The van der Waals surface area contributed by atoms with Crippen LogP contribution < -0.4 is 4.72 Å². The number of benzene rings is 1. The predicted octanol–water partition coefficient (Wildman–Crippen LogP) is 2.85. The number of rotatable bonds is 5. The maximum atomic E-state index is 12.7. The molecule has 26 heavy (non-hydrogen) atoms. The Balaban J connectivity index is 1.67. The van der Waals surface area contributed by atoms with Crippen LogP contribution in [-0.4, -0.2) is 49.6 Å². The van der Waals surface area contributed by atoms with Crippen LogP contribution in [0.5, 0.6) is 0 Å². The standard InChI is InChI=1S/C19H28N2O4S/c22-19(23)15-7-5-11-18(13-15)26(24,25)20-16-8-6-12-21(14-16)17-9-3-1-2-4-10-17/h5,7,11,13,16-17,20H,1-4,6,8-10,12,14H2,(H,22,23). The molecular formula is C19H28N2O4S. The number of hydrogen-bond donors (Lipinski definition) is 2. The van der Waals surface area contributed by atoms with Gasteiger partial charge in [0, 0.05) is 18.6 Å². The Morgan fingerprint density at radius 1 is 1.08 bits per heavy atom. The highest BCUT2D eigenvalue weighted by molar-refractivity contribution is 7.89. The van der Waals surface area contributed by atoms with E-state index in [9.17, 15) is 13.2 Å². The van der Waals surface area contributed by atoms with Crippen molar-refractivity contribution in [1.82, 2.24) is 9.62 Å². The molecule has 0 aromatic heterocycles. The first-order valence-corrected chi connectivity index (χ1v) is 11.0. The lowest BCUT2D eigenvalue weighted by molar-refractivity contribution is 0.0696. The zero-order valence-electron chi connectivity index (χ0n) is 15.1. The third-order valence-corrected chi connectivity index (χ3v) is 7.03. The third kappa shape index (κ3) is 4.84. The van der Waals surface area contributed by atoms with Gasteiger partial charge >= 0.3 is 5.97 Å². The second-order valence-electron chi connectivity index (χ2n) is 7.43. The van der Waals surface area contributed by atoms with Crippen LogP contribution in [0.25, 0.3) is 0 Å². The van der Waals surface area contributed by atoms with Crippen LogP contribution in [0.3, 0.4) is 0 Å². The SMILES string of the molecule is O=C(O)c1cccc(S(=O)(=O)NC2CCCN(C3CCCCCC3)C2)c1. The summed E-state index contributed by atoms with van der Waals surface area (Å²) in [6.45, 7) is 1.78. The van der Waals surface area contributed by atoms with Crippen LogP contribution in [0.4, 0.5) is 0 Å². The summed E-state index contributed by atoms with van der Waals surface area (Å²) in [5.41, 5.74) is -0.0170. The van der Waals surface area contributed by atoms with Crippen LogP contribution in [0.1, 0.15) is 61.7 Å². The van der Waals surface area contributed by atoms with Crippen molar-refractivity contribution in [3.05, 3.63) is 29.8 Å². The third-order valence-electron chi connectivity index (χ3n) is 5.51. The van der Waals surface area contributed by atoms with E-state index in [0.29, 0.717) is 6.04 Å². The number of aromatic carboxylic acids is 1. The molecule has 6 nitrogen and oxygen atoms in total. The Bertz CT molecular complexity index is 727. The molecule has 1 saturated carbocycles. The summed E-state index contributed by atoms with van der Waals surface area (Å²) in [6.07, 6.45) is 9.36. The molecule has 2 fully saturated rings. The molecule has 0 spiro atoms. The summed E-state index contributed by atoms with van der Waals surface area (Å²) in [7, 11) is -3.72. The van der Waals surface area contributed by atoms with Crippen LogP contribution in [0.15, 0.2) is 29.2 Å². The summed E-state index contributed by atoms with van der Waals surface area (Å²) < 4.78 is 28.2. The Morgan fingerprint density at radius 3 is 2.50 bits per heavy atom. The quantitative estimate of drug-likeness (QED) is 0.767. The fourth-order valence-corrected chi connectivity index (χ4v) is 5.45. The number of nitrogens with zero attached hydrogens (tertiary/aromatic N) is 1. The van der Waals surface area contributed by atoms with Gasteiger partial charge in [0.15, 0.2) is 0 Å². The average molecular weight is 381 g/mol. The van der Waals surface area contributed by atoms with Crippen molar-refractivity contribution in [3.63, 3.8) is 0 Å². The molecule has 1 heterocycles. The molecule has 1 unspecified atom stereocenters. The van der Waals surface area contributed by atoms with E-state index < -0.39 is 16.0 Å². The second-order valence-corrected chi connectivity index (χ2v) is 9.15. The Labute approximate surface area is 155 Å². The maximum absolute atomic E-state index is 12.7. The van der Waals surface area contributed by atoms with Gasteiger partial charge in [-0.3, -0.25) is 4.90 Å². The lowest BCUT2D eigenvalue weighted by atomic mass is 10.0. The molecule has 1 aliphatic heterocycles. The van der Waals surface area contributed by atoms with Crippen LogP contribution >= 0.6 is 0 Å². The van der Waals surface area contributed by atoms with Gasteiger partial charge in [-0.25, -0.2) is 17.9 Å². The minimum Gasteiger partial charge on any atom is -0.478 e. The summed E-state index contributed by atoms with van der Waals surface area (Å²) >= 11 is 0. The monoisotopic (exact) mass is 380 g/mol. The molecule has 2 N–H and O–H groups in total. The first kappa shape index (κ1) is 19.3. The number of carbonyl (C=O) groups is 1. The molecule has 7 heteroatoms. The zero-order valence-corrected chi connectivity index (χ0v) is 15.9. The molecule has 144 valence electrons. The van der Waals surface area contributed by atoms with Gasteiger partial charge in [0.1, 0.15) is 0 Å². The predicted molar refractivity (Wildman–Crippen MR) is 99.8 cm³/mol. The van der Waals surface area contributed by atoms with Crippen molar-refractivity contribution >= 4 is 16.0 Å². The molecule has 0 radical (unpaired) electrons. The van der Waals surface area contributed by atoms with Gasteiger partial charge in [-0.05, 0) is 50.4 Å². The maximum Gasteiger partial charge on any atom is 0.335 e. The minimum atomic E-state index is -3.72. The summed E-state index contributed by atoms with van der Waals surface area (Å²) in [6, 6.07) is 5.98. The molecule has 1 aromatic rings. The van der Waals surface area contributed by atoms with Crippen molar-refractivity contribution in [1.29, 1.82) is 0 Å². The summed E-state index contributed by atoms with van der Waals surface area (Å²) in [5, 5.41) is 9.08. The van der Waals surface area contributed by atoms with Crippen molar-refractivity contribution in [2.24, 2.45) is 0 Å². The van der Waals surface area contributed by atoms with Crippen molar-refractivity contribution < 1.29 is 18.3 Å². The summed E-state index contributed by atoms with van der Waals surface area (Å²) in [5.74, 6) is -1.13. The number of likely N-dealkylation sites (tertiary alicyclic amines) is 1. The number of nitrogens with one attached hydrogen (secondary N) is 1. The number of piperidine rings is 1. The molecule has 0 bridgehead atoms. The van der Waals surface area contributed by atoms with Crippen LogP contribution in [0.2, 0.25) is 0 Å². The molecular weight excluding hydrogens is 352 g/mol. The van der Waals surface area contributed by atoms with E-state index in [4.69, 9.17) is 5.11 Å². The van der Waals surface area contributed by atoms with E-state index in [1.54, 1.807) is 0 Å². The lowest BCUT2D eigenvalue weighted by Crippen LogP contribution is -2.50. The first-order chi connectivity index (χ1) is 12.5. The number of carboxylic acid groups (broad SMARTS) is 1. The molecule has 0 amide bonds. The molecule has 1 aliphatic carbocycles. The van der Waals surface area contributed by atoms with Crippen molar-refractivity contribution in [2.45, 2.75) is 68.3 Å². The van der Waals surface area contributed by atoms with E-state index in [0.717, 1.165) is 25.9 Å². The Hall–Kier alpha value is -1.44. The number of sulfonamides is 1. The highest BCUT2D eigenvalue weighted by Gasteiger charge is 2.29. The average Bonchev–Trinajstić information content (AvgIpc) is 2.91. The topological polar surface area (TPSA) is 86.7 Å². The van der Waals surface area contributed by atoms with E-state index in [1.807, 2.05) is 0 Å². The molecule has 1 saturated heterocycles. The van der Waals surface area contributed by atoms with Gasteiger partial charge in [-0.2, -0.15) is 0 Å².